The van der Waals surface area contributed by atoms with E-state index in [0.717, 1.165) is 73.4 Å². The van der Waals surface area contributed by atoms with Crippen LogP contribution in [0, 0.1) is 12.8 Å². The summed E-state index contributed by atoms with van der Waals surface area (Å²) in [5, 5.41) is 0. The lowest BCUT2D eigenvalue weighted by molar-refractivity contribution is -0.136. The minimum Gasteiger partial charge on any atom is -0.491 e. The SMILES string of the molecule is CCCCOCCOc1ccc(-c2cc3c(cc2C)N(CC(C)C)CCCC(C(=O)OC)=C3)cc1. The van der Waals surface area contributed by atoms with Gasteiger partial charge < -0.3 is 19.1 Å². The first-order valence-electron chi connectivity index (χ1n) is 12.9. The Morgan fingerprint density at radius 2 is 1.86 bits per heavy atom. The molecule has 5 nitrogen and oxygen atoms in total. The van der Waals surface area contributed by atoms with Crippen molar-refractivity contribution >= 4 is 17.7 Å². The van der Waals surface area contributed by atoms with Crippen molar-refractivity contribution in [2.45, 2.75) is 53.4 Å². The highest BCUT2D eigenvalue weighted by atomic mass is 16.5. The van der Waals surface area contributed by atoms with Gasteiger partial charge in [0.2, 0.25) is 0 Å². The first kappa shape index (κ1) is 26.8. The van der Waals surface area contributed by atoms with Crippen LogP contribution in [0.2, 0.25) is 0 Å². The molecule has 2 aromatic rings. The molecule has 1 heterocycles. The standard InChI is InChI=1S/C30H41NO4/c1-6-7-15-34-16-17-35-27-12-10-24(11-13-27)28-20-26-19-25(30(32)33-5)9-8-14-31(21-22(2)3)29(26)18-23(28)4/h10-13,18-20,22H,6-9,14-17,21H2,1-5H3. The first-order valence-corrected chi connectivity index (χ1v) is 12.9. The average Bonchev–Trinajstić information content (AvgIpc) is 2.84. The Morgan fingerprint density at radius 3 is 2.54 bits per heavy atom. The Kier molecular flexibility index (Phi) is 10.2. The van der Waals surface area contributed by atoms with Crippen molar-refractivity contribution in [1.29, 1.82) is 0 Å². The molecule has 5 heteroatoms. The molecule has 0 amide bonds. The Labute approximate surface area is 211 Å². The highest BCUT2D eigenvalue weighted by molar-refractivity contribution is 5.95. The molecule has 0 bridgehead atoms. The highest BCUT2D eigenvalue weighted by Crippen LogP contribution is 2.35. The molecule has 0 fully saturated rings. The van der Waals surface area contributed by atoms with Crippen LogP contribution >= 0.6 is 0 Å². The van der Waals surface area contributed by atoms with Crippen molar-refractivity contribution in [3.05, 3.63) is 53.1 Å². The van der Waals surface area contributed by atoms with Crippen LogP contribution in [-0.4, -0.2) is 46.0 Å². The number of benzene rings is 2. The molecule has 1 aliphatic rings. The second kappa shape index (κ2) is 13.3. The molecule has 1 aliphatic heterocycles. The molecule has 35 heavy (non-hydrogen) atoms. The zero-order chi connectivity index (χ0) is 25.2. The third-order valence-electron chi connectivity index (χ3n) is 6.26. The molecule has 190 valence electrons. The number of hydrogen-bond donors (Lipinski definition) is 0. The summed E-state index contributed by atoms with van der Waals surface area (Å²) in [5.41, 5.74) is 6.48. The second-order valence-electron chi connectivity index (χ2n) is 9.67. The molecule has 0 unspecified atom stereocenters. The fraction of sp³-hybridized carbons (Fsp3) is 0.500. The van der Waals surface area contributed by atoms with E-state index in [0.29, 0.717) is 19.1 Å². The average molecular weight is 480 g/mol. The zero-order valence-electron chi connectivity index (χ0n) is 22.1. The highest BCUT2D eigenvalue weighted by Gasteiger charge is 2.20. The zero-order valence-corrected chi connectivity index (χ0v) is 22.1. The van der Waals surface area contributed by atoms with Crippen LogP contribution in [-0.2, 0) is 14.3 Å². The predicted octanol–water partition coefficient (Wildman–Crippen LogP) is 6.67. The third kappa shape index (κ3) is 7.60. The van der Waals surface area contributed by atoms with Gasteiger partial charge >= 0.3 is 5.97 Å². The van der Waals surface area contributed by atoms with Crippen LogP contribution in [0.4, 0.5) is 5.69 Å². The number of carbonyl (C=O) groups is 1. The summed E-state index contributed by atoms with van der Waals surface area (Å²) in [6, 6.07) is 12.7. The van der Waals surface area contributed by atoms with Gasteiger partial charge in [0.1, 0.15) is 12.4 Å². The number of rotatable bonds is 11. The van der Waals surface area contributed by atoms with Crippen molar-refractivity contribution in [3.8, 4) is 16.9 Å². The van der Waals surface area contributed by atoms with Crippen LogP contribution in [0.3, 0.4) is 0 Å². The molecule has 2 aromatic carbocycles. The van der Waals surface area contributed by atoms with Gasteiger partial charge in [-0.05, 0) is 84.7 Å². The van der Waals surface area contributed by atoms with Crippen LogP contribution in [0.15, 0.2) is 42.0 Å². The van der Waals surface area contributed by atoms with E-state index in [1.165, 1.54) is 18.4 Å². The van der Waals surface area contributed by atoms with E-state index in [-0.39, 0.29) is 5.97 Å². The van der Waals surface area contributed by atoms with Crippen molar-refractivity contribution in [1.82, 2.24) is 0 Å². The lowest BCUT2D eigenvalue weighted by atomic mass is 9.93. The number of nitrogens with zero attached hydrogens (tertiary/aromatic N) is 1. The normalized spacial score (nSPS) is 13.7. The molecule has 0 aliphatic carbocycles. The Bertz CT molecular complexity index is 994. The Hall–Kier alpha value is -2.79. The quantitative estimate of drug-likeness (QED) is 0.266. The van der Waals surface area contributed by atoms with Crippen LogP contribution < -0.4 is 9.64 Å². The number of carbonyl (C=O) groups excluding carboxylic acids is 1. The minimum absolute atomic E-state index is 0.240. The van der Waals surface area contributed by atoms with Gasteiger partial charge in [-0.15, -0.1) is 0 Å². The fourth-order valence-corrected chi connectivity index (χ4v) is 4.47. The summed E-state index contributed by atoms with van der Waals surface area (Å²) in [4.78, 5) is 14.9. The number of esters is 1. The monoisotopic (exact) mass is 479 g/mol. The van der Waals surface area contributed by atoms with Gasteiger partial charge in [0.05, 0.1) is 13.7 Å². The molecule has 0 spiro atoms. The summed E-state index contributed by atoms with van der Waals surface area (Å²) in [5.74, 6) is 1.15. The van der Waals surface area contributed by atoms with Gasteiger partial charge in [-0.25, -0.2) is 4.79 Å². The number of ether oxygens (including phenoxy) is 3. The number of unbranched alkanes of at least 4 members (excludes halogenated alkanes) is 1. The number of fused-ring (bicyclic) bond motifs is 1. The topological polar surface area (TPSA) is 48.0 Å². The van der Waals surface area contributed by atoms with E-state index in [1.54, 1.807) is 0 Å². The molecule has 0 saturated heterocycles. The molecule has 0 N–H and O–H groups in total. The van der Waals surface area contributed by atoms with Gasteiger partial charge in [0.25, 0.3) is 0 Å². The summed E-state index contributed by atoms with van der Waals surface area (Å²) < 4.78 is 16.5. The molecule has 0 atom stereocenters. The number of aryl methyl sites for hydroxylation is 1. The maximum absolute atomic E-state index is 12.4. The summed E-state index contributed by atoms with van der Waals surface area (Å²) in [6.07, 6.45) is 5.89. The maximum atomic E-state index is 12.4. The lowest BCUT2D eigenvalue weighted by Crippen LogP contribution is -2.30. The van der Waals surface area contributed by atoms with E-state index in [1.807, 2.05) is 18.2 Å². The maximum Gasteiger partial charge on any atom is 0.333 e. The second-order valence-corrected chi connectivity index (χ2v) is 9.67. The van der Waals surface area contributed by atoms with E-state index >= 15 is 0 Å². The van der Waals surface area contributed by atoms with E-state index in [2.05, 4.69) is 56.9 Å². The third-order valence-corrected chi connectivity index (χ3v) is 6.26. The van der Waals surface area contributed by atoms with Gasteiger partial charge in [-0.1, -0.05) is 39.3 Å². The van der Waals surface area contributed by atoms with E-state index in [9.17, 15) is 4.79 Å². The summed E-state index contributed by atoms with van der Waals surface area (Å²) in [7, 11) is 1.45. The fourth-order valence-electron chi connectivity index (χ4n) is 4.47. The molecule has 0 aromatic heterocycles. The molecular weight excluding hydrogens is 438 g/mol. The van der Waals surface area contributed by atoms with Crippen molar-refractivity contribution in [2.75, 3.05) is 44.9 Å². The number of anilines is 1. The minimum atomic E-state index is -0.240. The smallest absolute Gasteiger partial charge is 0.333 e. The summed E-state index contributed by atoms with van der Waals surface area (Å²) in [6.45, 7) is 12.7. The lowest BCUT2D eigenvalue weighted by Gasteiger charge is -2.31. The van der Waals surface area contributed by atoms with Gasteiger partial charge in [0, 0.05) is 31.0 Å². The van der Waals surface area contributed by atoms with Gasteiger partial charge in [0.15, 0.2) is 0 Å². The van der Waals surface area contributed by atoms with E-state index in [4.69, 9.17) is 14.2 Å². The molecular formula is C30H41NO4. The first-order chi connectivity index (χ1) is 16.9. The summed E-state index contributed by atoms with van der Waals surface area (Å²) >= 11 is 0. The molecule has 0 saturated carbocycles. The van der Waals surface area contributed by atoms with Crippen LogP contribution in [0.25, 0.3) is 17.2 Å². The Balaban J connectivity index is 1.86. The molecule has 0 radical (unpaired) electrons. The molecule has 3 rings (SSSR count). The van der Waals surface area contributed by atoms with Gasteiger partial charge in [-0.2, -0.15) is 0 Å². The largest absolute Gasteiger partial charge is 0.491 e. The number of hydrogen-bond acceptors (Lipinski definition) is 5. The predicted molar refractivity (Wildman–Crippen MR) is 144 cm³/mol. The van der Waals surface area contributed by atoms with Gasteiger partial charge in [-0.3, -0.25) is 0 Å². The van der Waals surface area contributed by atoms with Crippen molar-refractivity contribution < 1.29 is 19.0 Å². The van der Waals surface area contributed by atoms with Crippen LogP contribution in [0.1, 0.15) is 57.6 Å². The van der Waals surface area contributed by atoms with Crippen molar-refractivity contribution in [2.24, 2.45) is 5.92 Å². The van der Waals surface area contributed by atoms with E-state index < -0.39 is 0 Å². The Morgan fingerprint density at radius 1 is 1.09 bits per heavy atom. The van der Waals surface area contributed by atoms with Crippen molar-refractivity contribution in [3.63, 3.8) is 0 Å². The number of methoxy groups -OCH3 is 1. The van der Waals surface area contributed by atoms with Crippen LogP contribution in [0.5, 0.6) is 5.75 Å².